The van der Waals surface area contributed by atoms with Crippen molar-refractivity contribution >= 4 is 39.0 Å². The summed E-state index contributed by atoms with van der Waals surface area (Å²) >= 11 is 1.20. The van der Waals surface area contributed by atoms with Gasteiger partial charge in [-0.2, -0.15) is 0 Å². The molecule has 0 fully saturated rings. The van der Waals surface area contributed by atoms with Gasteiger partial charge in [0.15, 0.2) is 23.8 Å². The van der Waals surface area contributed by atoms with Crippen LogP contribution in [0.3, 0.4) is 0 Å². The molecule has 0 aliphatic heterocycles. The zero-order valence-electron chi connectivity index (χ0n) is 20.6. The van der Waals surface area contributed by atoms with Crippen LogP contribution < -0.4 is 29.9 Å². The van der Waals surface area contributed by atoms with Gasteiger partial charge in [0.05, 0.1) is 32.7 Å². The SMILES string of the molecule is COc1cc(-c2cc(-c3ccccc3)nc3sc(C(=O)Nc4c[n+](C)no4)c(N)c23)cc(OC)c1OC. The molecular weight excluding hydrogens is 494 g/mol. The molecule has 188 valence electrons. The van der Waals surface area contributed by atoms with E-state index in [0.717, 1.165) is 22.4 Å². The number of rotatable bonds is 7. The summed E-state index contributed by atoms with van der Waals surface area (Å²) in [5.74, 6) is 1.24. The summed E-state index contributed by atoms with van der Waals surface area (Å²) in [6, 6.07) is 15.4. The number of pyridine rings is 1. The van der Waals surface area contributed by atoms with Crippen molar-refractivity contribution in [3.05, 3.63) is 59.6 Å². The van der Waals surface area contributed by atoms with Crippen LogP contribution in [0.25, 0.3) is 32.6 Å². The van der Waals surface area contributed by atoms with Crippen molar-refractivity contribution in [1.82, 2.24) is 10.3 Å². The number of benzene rings is 2. The van der Waals surface area contributed by atoms with Gasteiger partial charge in [0.25, 0.3) is 12.1 Å². The third-order valence-corrected chi connectivity index (χ3v) is 6.86. The number of fused-ring (bicyclic) bond motifs is 1. The molecule has 0 saturated carbocycles. The molecule has 5 rings (SSSR count). The second kappa shape index (κ2) is 9.78. The summed E-state index contributed by atoms with van der Waals surface area (Å²) in [5.41, 5.74) is 10.1. The maximum atomic E-state index is 13.1. The summed E-state index contributed by atoms with van der Waals surface area (Å²) in [5, 5.41) is 7.07. The fraction of sp³-hybridized carbons (Fsp3) is 0.154. The van der Waals surface area contributed by atoms with Crippen molar-refractivity contribution in [1.29, 1.82) is 0 Å². The van der Waals surface area contributed by atoms with Gasteiger partial charge in [-0.3, -0.25) is 14.6 Å². The van der Waals surface area contributed by atoms with E-state index in [1.807, 2.05) is 48.5 Å². The molecule has 11 heteroatoms. The van der Waals surface area contributed by atoms with Crippen LogP contribution in [-0.2, 0) is 7.05 Å². The van der Waals surface area contributed by atoms with Gasteiger partial charge in [-0.1, -0.05) is 35.0 Å². The molecule has 1 amide bonds. The number of nitrogens with one attached hydrogen (secondary N) is 1. The van der Waals surface area contributed by atoms with Crippen LogP contribution in [0.4, 0.5) is 11.6 Å². The first kappa shape index (κ1) is 24.1. The number of nitrogen functional groups attached to an aromatic ring is 1. The topological polar surface area (TPSA) is 126 Å². The predicted octanol–water partition coefficient (Wildman–Crippen LogP) is 4.30. The number of aromatic nitrogens is 3. The number of methoxy groups -OCH3 is 3. The van der Waals surface area contributed by atoms with Crippen LogP contribution in [0.2, 0.25) is 0 Å². The second-order valence-corrected chi connectivity index (χ2v) is 9.05. The highest BCUT2D eigenvalue weighted by atomic mass is 32.1. The van der Waals surface area contributed by atoms with Gasteiger partial charge >= 0.3 is 5.88 Å². The van der Waals surface area contributed by atoms with Crippen LogP contribution in [0.1, 0.15) is 9.67 Å². The van der Waals surface area contributed by atoms with Crippen LogP contribution in [0, 0.1) is 0 Å². The van der Waals surface area contributed by atoms with Gasteiger partial charge in [0.1, 0.15) is 9.71 Å². The lowest BCUT2D eigenvalue weighted by Crippen LogP contribution is -2.28. The normalized spacial score (nSPS) is 10.9. The molecule has 0 bridgehead atoms. The molecule has 0 aliphatic carbocycles. The van der Waals surface area contributed by atoms with E-state index in [4.69, 9.17) is 29.5 Å². The molecule has 0 aliphatic rings. The number of anilines is 2. The van der Waals surface area contributed by atoms with Gasteiger partial charge in [0, 0.05) is 10.9 Å². The van der Waals surface area contributed by atoms with Crippen LogP contribution in [-0.4, -0.2) is 37.5 Å². The largest absolute Gasteiger partial charge is 0.493 e. The number of nitrogens with zero attached hydrogens (tertiary/aromatic N) is 3. The van der Waals surface area contributed by atoms with Crippen LogP contribution in [0.5, 0.6) is 17.2 Å². The van der Waals surface area contributed by atoms with Crippen molar-refractivity contribution < 1.29 is 28.2 Å². The first-order valence-corrected chi connectivity index (χ1v) is 12.0. The molecule has 5 aromatic rings. The number of hydrogen-bond acceptors (Lipinski definition) is 9. The minimum Gasteiger partial charge on any atom is -0.493 e. The van der Waals surface area contributed by atoms with Crippen molar-refractivity contribution in [2.75, 3.05) is 32.4 Å². The average Bonchev–Trinajstić information content (AvgIpc) is 3.49. The fourth-order valence-corrected chi connectivity index (χ4v) is 5.07. The molecule has 3 heterocycles. The summed E-state index contributed by atoms with van der Waals surface area (Å²) in [7, 11) is 6.35. The number of amides is 1. The molecule has 0 unspecified atom stereocenters. The molecule has 2 aromatic carbocycles. The monoisotopic (exact) mass is 518 g/mol. The molecule has 10 nitrogen and oxygen atoms in total. The Hall–Kier alpha value is -4.64. The third-order valence-electron chi connectivity index (χ3n) is 5.76. The Morgan fingerprint density at radius 2 is 1.73 bits per heavy atom. The first-order valence-electron chi connectivity index (χ1n) is 11.2. The highest BCUT2D eigenvalue weighted by Crippen LogP contribution is 2.46. The standard InChI is InChI=1S/C26H23N5O5S/c1-31-13-20(36-30-31)29-25(32)24-22(27)21-16(15-10-18(33-2)23(35-4)19(11-15)34-3)12-17(28-26(21)37-24)14-8-6-5-7-9-14/h5-13H,1-4H3,(H2-,27,29,30,32)/p+1. The third kappa shape index (κ3) is 4.40. The molecule has 3 aromatic heterocycles. The zero-order valence-corrected chi connectivity index (χ0v) is 21.4. The Labute approximate surface area is 216 Å². The lowest BCUT2D eigenvalue weighted by atomic mass is 9.98. The van der Waals surface area contributed by atoms with E-state index in [9.17, 15) is 4.79 Å². The Morgan fingerprint density at radius 3 is 2.32 bits per heavy atom. The van der Waals surface area contributed by atoms with Crippen molar-refractivity contribution in [3.63, 3.8) is 0 Å². The molecule has 0 saturated heterocycles. The van der Waals surface area contributed by atoms with E-state index in [1.54, 1.807) is 34.6 Å². The van der Waals surface area contributed by atoms with Crippen molar-refractivity contribution in [3.8, 4) is 39.6 Å². The van der Waals surface area contributed by atoms with Gasteiger partial charge < -0.3 is 19.9 Å². The molecular formula is C26H24N5O5S+. The van der Waals surface area contributed by atoms with E-state index in [0.29, 0.717) is 38.0 Å². The lowest BCUT2D eigenvalue weighted by molar-refractivity contribution is -0.739. The molecule has 0 radical (unpaired) electrons. The van der Waals surface area contributed by atoms with Crippen molar-refractivity contribution in [2.24, 2.45) is 7.05 Å². The lowest BCUT2D eigenvalue weighted by Gasteiger charge is -2.15. The van der Waals surface area contributed by atoms with Gasteiger partial charge in [-0.05, 0) is 29.3 Å². The minimum atomic E-state index is -0.422. The first-order chi connectivity index (χ1) is 17.9. The Balaban J connectivity index is 1.74. The number of carbonyl (C=O) groups is 1. The maximum absolute atomic E-state index is 13.1. The summed E-state index contributed by atoms with van der Waals surface area (Å²) in [6.07, 6.45) is 1.55. The number of aryl methyl sites for hydroxylation is 1. The Kier molecular flexibility index (Phi) is 6.36. The highest BCUT2D eigenvalue weighted by Gasteiger charge is 2.24. The predicted molar refractivity (Wildman–Crippen MR) is 140 cm³/mol. The van der Waals surface area contributed by atoms with Gasteiger partial charge in [-0.25, -0.2) is 4.98 Å². The Morgan fingerprint density at radius 1 is 1.03 bits per heavy atom. The zero-order chi connectivity index (χ0) is 26.1. The summed E-state index contributed by atoms with van der Waals surface area (Å²) in [4.78, 5) is 18.9. The average molecular weight is 519 g/mol. The van der Waals surface area contributed by atoms with E-state index < -0.39 is 5.91 Å². The van der Waals surface area contributed by atoms with Crippen LogP contribution in [0.15, 0.2) is 59.3 Å². The van der Waals surface area contributed by atoms with Crippen molar-refractivity contribution in [2.45, 2.75) is 0 Å². The molecule has 0 spiro atoms. The molecule has 3 N–H and O–H groups in total. The fourth-order valence-electron chi connectivity index (χ4n) is 4.06. The highest BCUT2D eigenvalue weighted by molar-refractivity contribution is 7.21. The number of carbonyl (C=O) groups excluding carboxylic acids is 1. The smallest absolute Gasteiger partial charge is 0.302 e. The van der Waals surface area contributed by atoms with Crippen LogP contribution >= 0.6 is 11.3 Å². The number of nitrogens with two attached hydrogens (primary N) is 1. The molecule has 37 heavy (non-hydrogen) atoms. The Bertz CT molecular complexity index is 1590. The number of ether oxygens (including phenoxy) is 3. The van der Waals surface area contributed by atoms with Gasteiger partial charge in [-0.15, -0.1) is 11.3 Å². The van der Waals surface area contributed by atoms with E-state index in [2.05, 4.69) is 10.6 Å². The van der Waals surface area contributed by atoms with E-state index in [1.165, 1.54) is 16.0 Å². The quantitative estimate of drug-likeness (QED) is 0.306. The summed E-state index contributed by atoms with van der Waals surface area (Å²) < 4.78 is 23.2. The van der Waals surface area contributed by atoms with E-state index in [-0.39, 0.29) is 5.88 Å². The second-order valence-electron chi connectivity index (χ2n) is 8.05. The van der Waals surface area contributed by atoms with E-state index >= 15 is 0 Å². The van der Waals surface area contributed by atoms with Gasteiger partial charge in [0.2, 0.25) is 5.75 Å². The molecule has 0 atom stereocenters. The summed E-state index contributed by atoms with van der Waals surface area (Å²) in [6.45, 7) is 0. The number of thiophene rings is 1. The minimum absolute atomic E-state index is 0.201. The maximum Gasteiger partial charge on any atom is 0.302 e. The number of hydrogen-bond donors (Lipinski definition) is 2.